The minimum absolute atomic E-state index is 0.599. The Morgan fingerprint density at radius 1 is 0.889 bits per heavy atom. The van der Waals surface area contributed by atoms with Crippen molar-refractivity contribution in [1.82, 2.24) is 0 Å². The van der Waals surface area contributed by atoms with E-state index in [1.807, 2.05) is 44.9 Å². The van der Waals surface area contributed by atoms with Gasteiger partial charge in [0.05, 0.1) is 0 Å². The van der Waals surface area contributed by atoms with Crippen LogP contribution in [0.15, 0.2) is 60.7 Å². The topological polar surface area (TPSA) is 26.3 Å². The summed E-state index contributed by atoms with van der Waals surface area (Å²) >= 11 is 0. The largest absolute Gasteiger partial charge is 0.457 e. The molecule has 148 valence electrons. The predicted molar refractivity (Wildman–Crippen MR) is 118 cm³/mol. The van der Waals surface area contributed by atoms with Crippen molar-refractivity contribution in [3.63, 3.8) is 0 Å². The average Bonchev–Trinajstić information content (AvgIpc) is 2.72. The first-order valence-electron chi connectivity index (χ1n) is 9.85. The molecule has 2 heteroatoms. The molecule has 2 rings (SSSR count). The van der Waals surface area contributed by atoms with Crippen molar-refractivity contribution < 1.29 is 9.53 Å². The monoisotopic (exact) mass is 368 g/mol. The van der Waals surface area contributed by atoms with Gasteiger partial charge in [0.25, 0.3) is 0 Å². The van der Waals surface area contributed by atoms with Gasteiger partial charge in [-0.1, -0.05) is 74.7 Å². The molecule has 0 N–H and O–H groups in total. The van der Waals surface area contributed by atoms with E-state index in [4.69, 9.17) is 9.53 Å². The lowest BCUT2D eigenvalue weighted by atomic mass is 9.90. The Kier molecular flexibility index (Phi) is 14.5. The van der Waals surface area contributed by atoms with Crippen LogP contribution in [0.25, 0.3) is 0 Å². The molecule has 0 unspecified atom stereocenters. The van der Waals surface area contributed by atoms with Gasteiger partial charge in [-0.3, -0.25) is 0 Å². The fraction of sp³-hybridized carbons (Fsp3) is 0.400. The van der Waals surface area contributed by atoms with Crippen LogP contribution in [0.5, 0.6) is 11.5 Å². The van der Waals surface area contributed by atoms with Crippen LogP contribution in [-0.4, -0.2) is 6.79 Å². The Morgan fingerprint density at radius 2 is 1.41 bits per heavy atom. The molecule has 0 spiro atoms. The van der Waals surface area contributed by atoms with E-state index in [2.05, 4.69) is 57.2 Å². The van der Waals surface area contributed by atoms with Gasteiger partial charge in [0.15, 0.2) is 0 Å². The van der Waals surface area contributed by atoms with Crippen LogP contribution in [-0.2, 0) is 4.79 Å². The van der Waals surface area contributed by atoms with E-state index in [1.165, 1.54) is 36.8 Å². The van der Waals surface area contributed by atoms with Crippen molar-refractivity contribution in [2.24, 2.45) is 0 Å². The van der Waals surface area contributed by atoms with E-state index < -0.39 is 0 Å². The van der Waals surface area contributed by atoms with E-state index in [1.54, 1.807) is 0 Å². The molecule has 0 bridgehead atoms. The van der Waals surface area contributed by atoms with Gasteiger partial charge in [-0.2, -0.15) is 0 Å². The van der Waals surface area contributed by atoms with Gasteiger partial charge in [-0.05, 0) is 63.3 Å². The van der Waals surface area contributed by atoms with Gasteiger partial charge in [0.2, 0.25) is 0 Å². The van der Waals surface area contributed by atoms with Crippen molar-refractivity contribution >= 4 is 6.79 Å². The molecular formula is C25H36O2. The number of para-hydroxylation sites is 1. The highest BCUT2D eigenvalue weighted by Gasteiger charge is 2.15. The second kappa shape index (κ2) is 15.9. The third-order valence-corrected chi connectivity index (χ3v) is 4.22. The van der Waals surface area contributed by atoms with Crippen LogP contribution in [0, 0.1) is 6.92 Å². The number of benzene rings is 2. The first-order chi connectivity index (χ1) is 13.2. The molecule has 0 amide bonds. The van der Waals surface area contributed by atoms with Gasteiger partial charge in [0, 0.05) is 0 Å². The maximum Gasteiger partial charge on any atom is 0.130 e. The lowest BCUT2D eigenvalue weighted by molar-refractivity contribution is -0.0979. The molecule has 0 radical (unpaired) electrons. The van der Waals surface area contributed by atoms with Gasteiger partial charge in [-0.25, -0.2) is 0 Å². The molecule has 0 fully saturated rings. The van der Waals surface area contributed by atoms with Crippen LogP contribution >= 0.6 is 0 Å². The van der Waals surface area contributed by atoms with E-state index in [9.17, 15) is 0 Å². The zero-order valence-electron chi connectivity index (χ0n) is 17.7. The quantitative estimate of drug-likeness (QED) is 0.465. The van der Waals surface area contributed by atoms with Crippen molar-refractivity contribution in [2.45, 2.75) is 66.2 Å². The Hall–Kier alpha value is -2.35. The number of carbonyl (C=O) groups is 1. The van der Waals surface area contributed by atoms with Gasteiger partial charge >= 0.3 is 0 Å². The molecule has 0 saturated heterocycles. The fourth-order valence-electron chi connectivity index (χ4n) is 2.80. The fourth-order valence-corrected chi connectivity index (χ4v) is 2.80. The van der Waals surface area contributed by atoms with Gasteiger partial charge < -0.3 is 9.53 Å². The van der Waals surface area contributed by atoms with Crippen molar-refractivity contribution in [2.75, 3.05) is 0 Å². The van der Waals surface area contributed by atoms with Crippen LogP contribution < -0.4 is 4.74 Å². The molecule has 2 aromatic rings. The molecule has 2 nitrogen and oxygen atoms in total. The Balaban J connectivity index is 0.000000998. The summed E-state index contributed by atoms with van der Waals surface area (Å²) in [6.07, 6.45) is 8.87. The Bertz CT molecular complexity index is 619. The number of aryl methyl sites for hydroxylation is 1. The highest BCUT2D eigenvalue weighted by atomic mass is 16.5. The maximum absolute atomic E-state index is 8.00. The van der Waals surface area contributed by atoms with Crippen LogP contribution in [0.1, 0.15) is 70.4 Å². The first-order valence-corrected chi connectivity index (χ1v) is 9.85. The molecule has 0 aliphatic rings. The summed E-state index contributed by atoms with van der Waals surface area (Å²) in [5, 5.41) is 0. The summed E-state index contributed by atoms with van der Waals surface area (Å²) < 4.78 is 6.14. The summed E-state index contributed by atoms with van der Waals surface area (Å²) in [6.45, 7) is 12.6. The lowest BCUT2D eigenvalue weighted by Gasteiger charge is -2.19. The van der Waals surface area contributed by atoms with Crippen LogP contribution in [0.2, 0.25) is 0 Å². The zero-order chi connectivity index (χ0) is 20.5. The summed E-state index contributed by atoms with van der Waals surface area (Å²) in [7, 11) is 0. The normalized spacial score (nSPS) is 10.0. The summed E-state index contributed by atoms with van der Waals surface area (Å²) in [6, 6.07) is 16.8. The lowest BCUT2D eigenvalue weighted by Crippen LogP contribution is -2.01. The second-order valence-corrected chi connectivity index (χ2v) is 6.39. The first kappa shape index (κ1) is 24.7. The predicted octanol–water partition coefficient (Wildman–Crippen LogP) is 7.87. The van der Waals surface area contributed by atoms with Crippen molar-refractivity contribution in [3.8, 4) is 11.5 Å². The molecule has 0 saturated carbocycles. The number of hydrogen-bond acceptors (Lipinski definition) is 2. The molecule has 0 aliphatic carbocycles. The summed E-state index contributed by atoms with van der Waals surface area (Å²) in [5.41, 5.74) is 2.60. The number of hydrogen-bond donors (Lipinski definition) is 0. The van der Waals surface area contributed by atoms with Crippen LogP contribution in [0.4, 0.5) is 0 Å². The van der Waals surface area contributed by atoms with E-state index in [-0.39, 0.29) is 0 Å². The summed E-state index contributed by atoms with van der Waals surface area (Å²) in [5.74, 6) is 2.52. The average molecular weight is 369 g/mol. The number of rotatable bonds is 7. The zero-order valence-corrected chi connectivity index (χ0v) is 17.7. The number of allylic oxidation sites excluding steroid dienone is 2. The molecule has 27 heavy (non-hydrogen) atoms. The van der Waals surface area contributed by atoms with Gasteiger partial charge in [-0.15, -0.1) is 0 Å². The molecule has 0 heterocycles. The second-order valence-electron chi connectivity index (χ2n) is 6.39. The van der Waals surface area contributed by atoms with Crippen molar-refractivity contribution in [3.05, 3.63) is 71.8 Å². The van der Waals surface area contributed by atoms with Gasteiger partial charge in [0.1, 0.15) is 18.3 Å². The maximum atomic E-state index is 8.00. The minimum atomic E-state index is 0.599. The minimum Gasteiger partial charge on any atom is -0.457 e. The third-order valence-electron chi connectivity index (χ3n) is 4.22. The Labute approximate surface area is 166 Å². The number of carbonyl (C=O) groups excluding carboxylic acids is 1. The third kappa shape index (κ3) is 9.79. The summed E-state index contributed by atoms with van der Waals surface area (Å²) in [4.78, 5) is 8.00. The van der Waals surface area contributed by atoms with E-state index in [0.29, 0.717) is 5.92 Å². The molecule has 0 atom stereocenters. The molecule has 0 aliphatic heterocycles. The standard InChI is InChI=1S/C20H26O.C4H8.CH2O/c1-4-8-17(9-5-2)19-10-6-7-11-20(19)21-18-14-12-16(3)13-15-18;1-3-4-2;1-2/h6-7,10-15,17H,4-5,8-9H2,1-3H3;3-4H,1-2H3;1H2/b;4-3-;. The van der Waals surface area contributed by atoms with E-state index in [0.717, 1.165) is 11.5 Å². The molecule has 0 aromatic heterocycles. The van der Waals surface area contributed by atoms with Crippen LogP contribution in [0.3, 0.4) is 0 Å². The molecular weight excluding hydrogens is 332 g/mol. The molecule has 2 aromatic carbocycles. The highest BCUT2D eigenvalue weighted by molar-refractivity contribution is 5.40. The van der Waals surface area contributed by atoms with Crippen molar-refractivity contribution in [1.29, 1.82) is 0 Å². The Morgan fingerprint density at radius 3 is 1.89 bits per heavy atom. The van der Waals surface area contributed by atoms with E-state index >= 15 is 0 Å². The SMILES string of the molecule is C/C=C\C.C=O.CCCC(CCC)c1ccccc1Oc1ccc(C)cc1. The smallest absolute Gasteiger partial charge is 0.130 e. The number of ether oxygens (including phenoxy) is 1. The highest BCUT2D eigenvalue weighted by Crippen LogP contribution is 2.35.